The predicted octanol–water partition coefficient (Wildman–Crippen LogP) is 2.59. The van der Waals surface area contributed by atoms with Crippen LogP contribution in [0.5, 0.6) is 0 Å². The summed E-state index contributed by atoms with van der Waals surface area (Å²) in [6.07, 6.45) is 2.12. The van der Waals surface area contributed by atoms with Crippen LogP contribution >= 0.6 is 0 Å². The third-order valence-electron chi connectivity index (χ3n) is 4.78. The zero-order valence-corrected chi connectivity index (χ0v) is 17.2. The Hall–Kier alpha value is -3.74. The monoisotopic (exact) mass is 404 g/mol. The van der Waals surface area contributed by atoms with Crippen LogP contribution in [0, 0.1) is 0 Å². The van der Waals surface area contributed by atoms with Gasteiger partial charge >= 0.3 is 0 Å². The molecule has 1 aliphatic heterocycles. The quantitative estimate of drug-likeness (QED) is 0.694. The number of ketones is 1. The maximum absolute atomic E-state index is 12.8. The Balaban J connectivity index is 1.68. The van der Waals surface area contributed by atoms with Crippen molar-refractivity contribution in [1.29, 1.82) is 0 Å². The molecule has 0 aromatic heterocycles. The highest BCUT2D eigenvalue weighted by Crippen LogP contribution is 2.22. The van der Waals surface area contributed by atoms with Gasteiger partial charge in [0.1, 0.15) is 5.70 Å². The number of nitrogens with one attached hydrogen (secondary N) is 2. The molecule has 2 aromatic rings. The molecular formula is C23H24N4O3. The molecule has 0 unspecified atom stereocenters. The van der Waals surface area contributed by atoms with E-state index in [1.165, 1.54) is 7.05 Å². The number of Topliss-reactive ketones (excluding diaryl/α,β-unsaturated/α-hetero) is 1. The first-order valence-electron chi connectivity index (χ1n) is 9.58. The zero-order chi connectivity index (χ0) is 21.7. The number of rotatable bonds is 7. The van der Waals surface area contributed by atoms with Gasteiger partial charge in [0.25, 0.3) is 11.8 Å². The molecule has 0 aliphatic carbocycles. The summed E-state index contributed by atoms with van der Waals surface area (Å²) in [4.78, 5) is 43.0. The molecule has 7 heteroatoms. The van der Waals surface area contributed by atoms with E-state index >= 15 is 0 Å². The summed E-state index contributed by atoms with van der Waals surface area (Å²) < 4.78 is 0. The first-order chi connectivity index (χ1) is 14.4. The van der Waals surface area contributed by atoms with Crippen molar-refractivity contribution in [2.75, 3.05) is 31.4 Å². The molecule has 0 saturated heterocycles. The van der Waals surface area contributed by atoms with Crippen LogP contribution in [-0.2, 0) is 16.0 Å². The van der Waals surface area contributed by atoms with Crippen LogP contribution in [0.25, 0.3) is 0 Å². The van der Waals surface area contributed by atoms with Crippen LogP contribution in [0.1, 0.15) is 22.3 Å². The molecule has 154 valence electrons. The highest BCUT2D eigenvalue weighted by atomic mass is 16.2. The van der Waals surface area contributed by atoms with Gasteiger partial charge in [-0.1, -0.05) is 24.3 Å². The van der Waals surface area contributed by atoms with Gasteiger partial charge in [0.05, 0.1) is 5.57 Å². The fraction of sp³-hybridized carbons (Fsp3) is 0.217. The van der Waals surface area contributed by atoms with E-state index in [0.29, 0.717) is 23.2 Å². The number of hydrogen-bond acceptors (Lipinski definition) is 5. The summed E-state index contributed by atoms with van der Waals surface area (Å²) in [6, 6.07) is 14.6. The SMILES string of the molecule is CNC(=O)C1=C(C(=O)Nc2ccc(CC(=O)c3ccccc3N(C)C)cc2)CC=N1. The minimum absolute atomic E-state index is 0.0274. The molecule has 0 fully saturated rings. The number of benzene rings is 2. The molecule has 2 aromatic carbocycles. The summed E-state index contributed by atoms with van der Waals surface area (Å²) >= 11 is 0. The number of para-hydroxylation sites is 1. The van der Waals surface area contributed by atoms with Gasteiger partial charge in [0.2, 0.25) is 0 Å². The van der Waals surface area contributed by atoms with Crippen LogP contribution < -0.4 is 15.5 Å². The Morgan fingerprint density at radius 2 is 1.70 bits per heavy atom. The number of nitrogens with zero attached hydrogens (tertiary/aromatic N) is 2. The lowest BCUT2D eigenvalue weighted by Gasteiger charge is -2.16. The molecule has 0 bridgehead atoms. The standard InChI is InChI=1S/C23H24N4O3/c1-24-23(30)21-18(12-13-25-21)22(29)26-16-10-8-15(9-11-16)14-20(28)17-6-4-5-7-19(17)27(2)3/h4-11,13H,12,14H2,1-3H3,(H,24,30)(H,26,29). The second kappa shape index (κ2) is 9.17. The van der Waals surface area contributed by atoms with E-state index in [4.69, 9.17) is 0 Å². The van der Waals surface area contributed by atoms with Crippen molar-refractivity contribution in [2.45, 2.75) is 12.8 Å². The number of hydrogen-bond donors (Lipinski definition) is 2. The van der Waals surface area contributed by atoms with Gasteiger partial charge in [-0.15, -0.1) is 0 Å². The van der Waals surface area contributed by atoms with Gasteiger partial charge in [-0.25, -0.2) is 0 Å². The van der Waals surface area contributed by atoms with Crippen molar-refractivity contribution in [2.24, 2.45) is 4.99 Å². The van der Waals surface area contributed by atoms with E-state index in [1.54, 1.807) is 18.3 Å². The minimum atomic E-state index is -0.388. The molecule has 3 rings (SSSR count). The summed E-state index contributed by atoms with van der Waals surface area (Å²) in [6.45, 7) is 0. The smallest absolute Gasteiger partial charge is 0.270 e. The van der Waals surface area contributed by atoms with E-state index in [9.17, 15) is 14.4 Å². The summed E-state index contributed by atoms with van der Waals surface area (Å²) in [5.41, 5.74) is 3.45. The fourth-order valence-electron chi connectivity index (χ4n) is 3.21. The van der Waals surface area contributed by atoms with Crippen LogP contribution in [0.15, 0.2) is 64.8 Å². The average molecular weight is 404 g/mol. The third-order valence-corrected chi connectivity index (χ3v) is 4.78. The number of aliphatic imine (C=N–C) groups is 1. The average Bonchev–Trinajstić information content (AvgIpc) is 3.24. The Kier molecular flexibility index (Phi) is 6.41. The summed E-state index contributed by atoms with van der Waals surface area (Å²) in [7, 11) is 5.31. The van der Waals surface area contributed by atoms with E-state index in [0.717, 1.165) is 11.3 Å². The Morgan fingerprint density at radius 1 is 1.00 bits per heavy atom. The topological polar surface area (TPSA) is 90.9 Å². The summed E-state index contributed by atoms with van der Waals surface area (Å²) in [5, 5.41) is 5.26. The number of carbonyl (C=O) groups excluding carboxylic acids is 3. The highest BCUT2D eigenvalue weighted by molar-refractivity contribution is 6.13. The maximum atomic E-state index is 12.8. The van der Waals surface area contributed by atoms with Crippen molar-refractivity contribution in [3.05, 3.63) is 70.9 Å². The van der Waals surface area contributed by atoms with Crippen LogP contribution in [0.4, 0.5) is 11.4 Å². The van der Waals surface area contributed by atoms with Gasteiger partial charge in [-0.05, 0) is 29.8 Å². The lowest BCUT2D eigenvalue weighted by molar-refractivity contribution is -0.118. The predicted molar refractivity (Wildman–Crippen MR) is 118 cm³/mol. The molecule has 7 nitrogen and oxygen atoms in total. The second-order valence-corrected chi connectivity index (χ2v) is 7.08. The van der Waals surface area contributed by atoms with Gasteiger partial charge in [0.15, 0.2) is 5.78 Å². The van der Waals surface area contributed by atoms with E-state index in [1.807, 2.05) is 55.4 Å². The molecular weight excluding hydrogens is 380 g/mol. The first-order valence-corrected chi connectivity index (χ1v) is 9.58. The van der Waals surface area contributed by atoms with E-state index in [2.05, 4.69) is 15.6 Å². The van der Waals surface area contributed by atoms with E-state index in [-0.39, 0.29) is 29.7 Å². The molecule has 0 spiro atoms. The number of amides is 2. The van der Waals surface area contributed by atoms with Crippen molar-refractivity contribution >= 4 is 35.2 Å². The molecule has 2 amide bonds. The van der Waals surface area contributed by atoms with Crippen LogP contribution in [0.3, 0.4) is 0 Å². The molecule has 2 N–H and O–H groups in total. The lowest BCUT2D eigenvalue weighted by atomic mass is 10.0. The first kappa shape index (κ1) is 21.0. The molecule has 1 heterocycles. The molecule has 30 heavy (non-hydrogen) atoms. The van der Waals surface area contributed by atoms with Crippen molar-refractivity contribution in [3.63, 3.8) is 0 Å². The number of likely N-dealkylation sites (N-methyl/N-ethyl adjacent to an activating group) is 1. The van der Waals surface area contributed by atoms with E-state index < -0.39 is 0 Å². The fourth-order valence-corrected chi connectivity index (χ4v) is 3.21. The molecule has 1 aliphatic rings. The van der Waals surface area contributed by atoms with Gasteiger partial charge < -0.3 is 15.5 Å². The second-order valence-electron chi connectivity index (χ2n) is 7.08. The van der Waals surface area contributed by atoms with Gasteiger partial charge in [-0.3, -0.25) is 19.4 Å². The van der Waals surface area contributed by atoms with Crippen molar-refractivity contribution in [1.82, 2.24) is 5.32 Å². The maximum Gasteiger partial charge on any atom is 0.270 e. The van der Waals surface area contributed by atoms with Crippen LogP contribution in [-0.4, -0.2) is 45.0 Å². The zero-order valence-electron chi connectivity index (χ0n) is 17.2. The number of anilines is 2. The molecule has 0 radical (unpaired) electrons. The Morgan fingerprint density at radius 3 is 2.37 bits per heavy atom. The van der Waals surface area contributed by atoms with Gasteiger partial charge in [-0.2, -0.15) is 0 Å². The third kappa shape index (κ3) is 4.63. The summed E-state index contributed by atoms with van der Waals surface area (Å²) in [5.74, 6) is -0.727. The van der Waals surface area contributed by atoms with Gasteiger partial charge in [0, 0.05) is 57.1 Å². The Bertz CT molecular complexity index is 1040. The minimum Gasteiger partial charge on any atom is -0.377 e. The van der Waals surface area contributed by atoms with Crippen molar-refractivity contribution < 1.29 is 14.4 Å². The highest BCUT2D eigenvalue weighted by Gasteiger charge is 2.23. The van der Waals surface area contributed by atoms with Crippen LogP contribution in [0.2, 0.25) is 0 Å². The largest absolute Gasteiger partial charge is 0.377 e. The Labute approximate surface area is 175 Å². The molecule has 0 saturated carbocycles. The number of carbonyl (C=O) groups is 3. The normalized spacial score (nSPS) is 12.6. The molecule has 0 atom stereocenters. The van der Waals surface area contributed by atoms with Crippen molar-refractivity contribution in [3.8, 4) is 0 Å². The lowest BCUT2D eigenvalue weighted by Crippen LogP contribution is -2.23.